The minimum absolute atomic E-state index is 0.0190. The largest absolute Gasteiger partial charge is 0.390 e. The molecule has 0 radical (unpaired) electrons. The summed E-state index contributed by atoms with van der Waals surface area (Å²) in [5, 5.41) is 15.6. The summed E-state index contributed by atoms with van der Waals surface area (Å²) < 4.78 is 0. The summed E-state index contributed by atoms with van der Waals surface area (Å²) in [6.45, 7) is 4.87. The summed E-state index contributed by atoms with van der Waals surface area (Å²) in [5.41, 5.74) is 0.699. The standard InChI is InChI=1S/C14H22N4O3/c1-3-12-16-8(2)9(14(21)18-12)6-13(20)17-10-4-5-15-7-11(10)19/h10-11,15,19H,3-7H2,1-2H3,(H,17,20)(H,16,18,21)/t10-,11-/m1/s1. The van der Waals surface area contributed by atoms with Crippen molar-refractivity contribution in [3.05, 3.63) is 27.4 Å². The van der Waals surface area contributed by atoms with Crippen molar-refractivity contribution in [2.45, 2.75) is 45.3 Å². The van der Waals surface area contributed by atoms with Gasteiger partial charge in [0.05, 0.1) is 18.6 Å². The van der Waals surface area contributed by atoms with Crippen molar-refractivity contribution in [2.24, 2.45) is 0 Å². The summed E-state index contributed by atoms with van der Waals surface area (Å²) in [6.07, 6.45) is 0.705. The molecule has 7 heteroatoms. The number of nitrogens with zero attached hydrogens (tertiary/aromatic N) is 1. The number of hydrogen-bond acceptors (Lipinski definition) is 5. The van der Waals surface area contributed by atoms with Gasteiger partial charge in [-0.1, -0.05) is 6.92 Å². The van der Waals surface area contributed by atoms with Crippen molar-refractivity contribution in [1.29, 1.82) is 0 Å². The van der Waals surface area contributed by atoms with Crippen LogP contribution in [-0.2, 0) is 17.6 Å². The van der Waals surface area contributed by atoms with Crippen molar-refractivity contribution in [3.63, 3.8) is 0 Å². The van der Waals surface area contributed by atoms with E-state index >= 15 is 0 Å². The van der Waals surface area contributed by atoms with Crippen LogP contribution >= 0.6 is 0 Å². The van der Waals surface area contributed by atoms with Crippen LogP contribution in [0.25, 0.3) is 0 Å². The molecule has 0 saturated carbocycles. The number of piperidine rings is 1. The summed E-state index contributed by atoms with van der Waals surface area (Å²) in [6, 6.07) is -0.263. The Morgan fingerprint density at radius 1 is 1.52 bits per heavy atom. The van der Waals surface area contributed by atoms with E-state index in [0.29, 0.717) is 36.5 Å². The fourth-order valence-electron chi connectivity index (χ4n) is 2.47. The Morgan fingerprint density at radius 2 is 2.29 bits per heavy atom. The second-order valence-electron chi connectivity index (χ2n) is 5.34. The maximum absolute atomic E-state index is 12.1. The number of hydrogen-bond donors (Lipinski definition) is 4. The quantitative estimate of drug-likeness (QED) is 0.571. The van der Waals surface area contributed by atoms with Gasteiger partial charge in [-0.3, -0.25) is 9.59 Å². The highest BCUT2D eigenvalue weighted by atomic mass is 16.3. The Kier molecular flexibility index (Phi) is 5.08. The van der Waals surface area contributed by atoms with Gasteiger partial charge in [-0.2, -0.15) is 0 Å². The SMILES string of the molecule is CCc1nc(C)c(CC(=O)N[C@@H]2CCNC[C@H]2O)c(=O)[nH]1. The molecule has 1 aromatic heterocycles. The summed E-state index contributed by atoms with van der Waals surface area (Å²) in [7, 11) is 0. The molecular weight excluding hydrogens is 272 g/mol. The fraction of sp³-hybridized carbons (Fsp3) is 0.643. The molecule has 0 spiro atoms. The predicted molar refractivity (Wildman–Crippen MR) is 78.1 cm³/mol. The molecule has 0 aromatic carbocycles. The third-order valence-corrected chi connectivity index (χ3v) is 3.74. The Labute approximate surface area is 123 Å². The first-order valence-corrected chi connectivity index (χ1v) is 7.28. The Balaban J connectivity index is 2.04. The highest BCUT2D eigenvalue weighted by Gasteiger charge is 2.24. The highest BCUT2D eigenvalue weighted by molar-refractivity contribution is 5.79. The second-order valence-corrected chi connectivity index (χ2v) is 5.34. The maximum atomic E-state index is 12.1. The zero-order chi connectivity index (χ0) is 15.4. The maximum Gasteiger partial charge on any atom is 0.254 e. The zero-order valence-electron chi connectivity index (χ0n) is 12.4. The Bertz CT molecular complexity index is 570. The molecule has 1 aliphatic rings. The predicted octanol–water partition coefficient (Wildman–Crippen LogP) is -0.978. The number of aliphatic hydroxyl groups is 1. The number of aryl methyl sites for hydroxylation is 2. The number of carbonyl (C=O) groups excluding carboxylic acids is 1. The Morgan fingerprint density at radius 3 is 2.90 bits per heavy atom. The van der Waals surface area contributed by atoms with E-state index in [1.54, 1.807) is 6.92 Å². The first-order chi connectivity index (χ1) is 10.0. The lowest BCUT2D eigenvalue weighted by molar-refractivity contribution is -0.122. The van der Waals surface area contributed by atoms with Crippen molar-refractivity contribution >= 4 is 5.91 Å². The minimum Gasteiger partial charge on any atom is -0.390 e. The molecule has 116 valence electrons. The van der Waals surface area contributed by atoms with Crippen LogP contribution < -0.4 is 16.2 Å². The van der Waals surface area contributed by atoms with Gasteiger partial charge < -0.3 is 20.7 Å². The molecule has 7 nitrogen and oxygen atoms in total. The van der Waals surface area contributed by atoms with E-state index in [0.717, 1.165) is 6.54 Å². The van der Waals surface area contributed by atoms with E-state index in [2.05, 4.69) is 20.6 Å². The topological polar surface area (TPSA) is 107 Å². The molecule has 21 heavy (non-hydrogen) atoms. The van der Waals surface area contributed by atoms with E-state index in [9.17, 15) is 14.7 Å². The van der Waals surface area contributed by atoms with Gasteiger partial charge in [0.25, 0.3) is 5.56 Å². The molecule has 0 bridgehead atoms. The Hall–Kier alpha value is -1.73. The van der Waals surface area contributed by atoms with Gasteiger partial charge in [0.2, 0.25) is 5.91 Å². The third kappa shape index (κ3) is 3.89. The molecule has 1 saturated heterocycles. The molecule has 1 aliphatic heterocycles. The van der Waals surface area contributed by atoms with E-state index in [1.165, 1.54) is 0 Å². The lowest BCUT2D eigenvalue weighted by atomic mass is 10.0. The van der Waals surface area contributed by atoms with Crippen molar-refractivity contribution in [2.75, 3.05) is 13.1 Å². The number of aromatic nitrogens is 2. The summed E-state index contributed by atoms with van der Waals surface area (Å²) in [4.78, 5) is 31.0. The molecule has 0 unspecified atom stereocenters. The van der Waals surface area contributed by atoms with Crippen LogP contribution in [-0.4, -0.2) is 46.2 Å². The van der Waals surface area contributed by atoms with Crippen LogP contribution in [0.5, 0.6) is 0 Å². The molecule has 2 heterocycles. The molecule has 4 N–H and O–H groups in total. The van der Waals surface area contributed by atoms with Gasteiger partial charge in [-0.25, -0.2) is 4.98 Å². The van der Waals surface area contributed by atoms with Gasteiger partial charge in [0.15, 0.2) is 0 Å². The number of amides is 1. The average molecular weight is 294 g/mol. The van der Waals surface area contributed by atoms with Gasteiger partial charge in [-0.15, -0.1) is 0 Å². The number of H-pyrrole nitrogens is 1. The number of carbonyl (C=O) groups is 1. The molecule has 1 fully saturated rings. The number of nitrogens with one attached hydrogen (secondary N) is 3. The monoisotopic (exact) mass is 294 g/mol. The molecular formula is C14H22N4O3. The van der Waals surface area contributed by atoms with Gasteiger partial charge in [0, 0.05) is 24.2 Å². The number of β-amino-alcohol motifs (C(OH)–C–C–N with tert-alkyl or cyclic N) is 1. The normalized spacial score (nSPS) is 22.0. The first-order valence-electron chi connectivity index (χ1n) is 7.28. The van der Waals surface area contributed by atoms with E-state index < -0.39 is 6.10 Å². The van der Waals surface area contributed by atoms with Crippen LogP contribution in [0.2, 0.25) is 0 Å². The highest BCUT2D eigenvalue weighted by Crippen LogP contribution is 2.05. The second kappa shape index (κ2) is 6.82. The van der Waals surface area contributed by atoms with Crippen molar-refractivity contribution in [1.82, 2.24) is 20.6 Å². The van der Waals surface area contributed by atoms with Crippen LogP contribution in [0.4, 0.5) is 0 Å². The number of aliphatic hydroxyl groups excluding tert-OH is 1. The van der Waals surface area contributed by atoms with Crippen LogP contribution in [0, 0.1) is 6.92 Å². The van der Waals surface area contributed by atoms with Crippen LogP contribution in [0.1, 0.15) is 30.4 Å². The van der Waals surface area contributed by atoms with E-state index in [1.807, 2.05) is 6.92 Å². The van der Waals surface area contributed by atoms with Gasteiger partial charge >= 0.3 is 0 Å². The average Bonchev–Trinajstić information content (AvgIpc) is 2.45. The molecule has 2 rings (SSSR count). The minimum atomic E-state index is -0.595. The summed E-state index contributed by atoms with van der Waals surface area (Å²) >= 11 is 0. The molecule has 1 amide bonds. The van der Waals surface area contributed by atoms with E-state index in [-0.39, 0.29) is 23.9 Å². The van der Waals surface area contributed by atoms with Crippen LogP contribution in [0.3, 0.4) is 0 Å². The lowest BCUT2D eigenvalue weighted by Crippen LogP contribution is -2.53. The molecule has 0 aliphatic carbocycles. The van der Waals surface area contributed by atoms with E-state index in [4.69, 9.17) is 0 Å². The van der Waals surface area contributed by atoms with Gasteiger partial charge in [-0.05, 0) is 19.9 Å². The van der Waals surface area contributed by atoms with Gasteiger partial charge in [0.1, 0.15) is 5.82 Å². The third-order valence-electron chi connectivity index (χ3n) is 3.74. The smallest absolute Gasteiger partial charge is 0.254 e. The molecule has 1 aromatic rings. The number of rotatable bonds is 4. The number of aromatic amines is 1. The van der Waals surface area contributed by atoms with Crippen LogP contribution in [0.15, 0.2) is 4.79 Å². The zero-order valence-corrected chi connectivity index (χ0v) is 12.4. The van der Waals surface area contributed by atoms with Crippen molar-refractivity contribution in [3.8, 4) is 0 Å². The lowest BCUT2D eigenvalue weighted by Gasteiger charge is -2.29. The summed E-state index contributed by atoms with van der Waals surface area (Å²) in [5.74, 6) is 0.357. The first kappa shape index (κ1) is 15.7. The molecule has 2 atom stereocenters. The fourth-order valence-corrected chi connectivity index (χ4v) is 2.47. The van der Waals surface area contributed by atoms with Crippen molar-refractivity contribution < 1.29 is 9.90 Å².